The molecule has 0 bridgehead atoms. The standard InChI is InChI=1S/C14H16N2O4/c1-3-8-20-14(18)10-4-5-11(12(9-10)19-2)16-13(17)6-7-15/h1,4-5,9H,6-8,15H2,2H3,(H,16,17). The van der Waals surface area contributed by atoms with Crippen molar-refractivity contribution in [2.75, 3.05) is 25.6 Å². The highest BCUT2D eigenvalue weighted by atomic mass is 16.5. The maximum Gasteiger partial charge on any atom is 0.339 e. The van der Waals surface area contributed by atoms with Crippen LogP contribution in [-0.4, -0.2) is 32.1 Å². The van der Waals surface area contributed by atoms with Crippen molar-refractivity contribution in [2.45, 2.75) is 6.42 Å². The zero-order valence-electron chi connectivity index (χ0n) is 11.1. The highest BCUT2D eigenvalue weighted by Gasteiger charge is 2.12. The molecule has 1 aromatic rings. The maximum absolute atomic E-state index is 11.6. The first-order chi connectivity index (χ1) is 9.62. The molecule has 6 nitrogen and oxygen atoms in total. The van der Waals surface area contributed by atoms with Crippen LogP contribution < -0.4 is 15.8 Å². The van der Waals surface area contributed by atoms with Gasteiger partial charge in [0.1, 0.15) is 5.75 Å². The van der Waals surface area contributed by atoms with Crippen LogP contribution in [0.25, 0.3) is 0 Å². The second kappa shape index (κ2) is 7.81. The minimum atomic E-state index is -0.555. The lowest BCUT2D eigenvalue weighted by atomic mass is 10.2. The van der Waals surface area contributed by atoms with Crippen LogP contribution in [-0.2, 0) is 9.53 Å². The number of carbonyl (C=O) groups is 2. The lowest BCUT2D eigenvalue weighted by molar-refractivity contribution is -0.116. The summed E-state index contributed by atoms with van der Waals surface area (Å²) in [5.74, 6) is 1.77. The molecule has 0 aliphatic carbocycles. The second-order valence-corrected chi connectivity index (χ2v) is 3.78. The van der Waals surface area contributed by atoms with Crippen molar-refractivity contribution < 1.29 is 19.1 Å². The van der Waals surface area contributed by atoms with Gasteiger partial charge in [-0.3, -0.25) is 4.79 Å². The van der Waals surface area contributed by atoms with Gasteiger partial charge in [-0.1, -0.05) is 5.92 Å². The van der Waals surface area contributed by atoms with Gasteiger partial charge in [-0.25, -0.2) is 4.79 Å². The zero-order chi connectivity index (χ0) is 15.0. The smallest absolute Gasteiger partial charge is 0.339 e. The molecule has 0 saturated heterocycles. The molecule has 6 heteroatoms. The van der Waals surface area contributed by atoms with Crippen LogP contribution in [0.1, 0.15) is 16.8 Å². The lowest BCUT2D eigenvalue weighted by Gasteiger charge is -2.11. The van der Waals surface area contributed by atoms with Crippen molar-refractivity contribution in [3.8, 4) is 18.1 Å². The zero-order valence-corrected chi connectivity index (χ0v) is 11.1. The van der Waals surface area contributed by atoms with Crippen LogP contribution in [0.3, 0.4) is 0 Å². The summed E-state index contributed by atoms with van der Waals surface area (Å²) in [5.41, 5.74) is 6.04. The summed E-state index contributed by atoms with van der Waals surface area (Å²) in [5, 5.41) is 2.64. The first-order valence-electron chi connectivity index (χ1n) is 5.91. The van der Waals surface area contributed by atoms with Crippen LogP contribution in [0, 0.1) is 12.3 Å². The summed E-state index contributed by atoms with van der Waals surface area (Å²) in [6, 6.07) is 4.54. The molecule has 0 unspecified atom stereocenters. The Labute approximate surface area is 117 Å². The highest BCUT2D eigenvalue weighted by Crippen LogP contribution is 2.26. The van der Waals surface area contributed by atoms with Crippen LogP contribution in [0.4, 0.5) is 5.69 Å². The topological polar surface area (TPSA) is 90.7 Å². The molecular formula is C14H16N2O4. The second-order valence-electron chi connectivity index (χ2n) is 3.78. The van der Waals surface area contributed by atoms with Crippen molar-refractivity contribution in [3.63, 3.8) is 0 Å². The third-order valence-corrected chi connectivity index (χ3v) is 2.37. The minimum absolute atomic E-state index is 0.101. The SMILES string of the molecule is C#CCOC(=O)c1ccc(NC(=O)CCN)c(OC)c1. The van der Waals surface area contributed by atoms with Gasteiger partial charge in [0.25, 0.3) is 0 Å². The first-order valence-corrected chi connectivity index (χ1v) is 5.91. The largest absolute Gasteiger partial charge is 0.495 e. The number of methoxy groups -OCH3 is 1. The quantitative estimate of drug-likeness (QED) is 0.591. The Morgan fingerprint density at radius 2 is 2.20 bits per heavy atom. The van der Waals surface area contributed by atoms with Gasteiger partial charge in [0, 0.05) is 13.0 Å². The van der Waals surface area contributed by atoms with E-state index in [1.807, 2.05) is 0 Å². The average molecular weight is 276 g/mol. The van der Waals surface area contributed by atoms with Crippen molar-refractivity contribution in [1.29, 1.82) is 0 Å². The van der Waals surface area contributed by atoms with E-state index in [0.29, 0.717) is 11.4 Å². The molecule has 0 aliphatic heterocycles. The molecule has 0 radical (unpaired) electrons. The Balaban J connectivity index is 2.88. The lowest BCUT2D eigenvalue weighted by Crippen LogP contribution is -2.17. The maximum atomic E-state index is 11.6. The van der Waals surface area contributed by atoms with Crippen LogP contribution in [0.15, 0.2) is 18.2 Å². The predicted molar refractivity (Wildman–Crippen MR) is 74.4 cm³/mol. The Bertz CT molecular complexity index is 534. The fourth-order valence-corrected chi connectivity index (χ4v) is 1.46. The van der Waals surface area contributed by atoms with Crippen LogP contribution in [0.2, 0.25) is 0 Å². The molecule has 0 aromatic heterocycles. The van der Waals surface area contributed by atoms with Gasteiger partial charge in [0.15, 0.2) is 6.61 Å². The number of nitrogens with two attached hydrogens (primary N) is 1. The summed E-state index contributed by atoms with van der Waals surface area (Å²) < 4.78 is 9.93. The molecule has 0 aliphatic rings. The van der Waals surface area contributed by atoms with Crippen molar-refractivity contribution in [1.82, 2.24) is 0 Å². The number of amides is 1. The van der Waals surface area contributed by atoms with Crippen molar-refractivity contribution in [3.05, 3.63) is 23.8 Å². The van der Waals surface area contributed by atoms with E-state index in [0.717, 1.165) is 0 Å². The number of esters is 1. The number of hydrogen-bond acceptors (Lipinski definition) is 5. The van der Waals surface area contributed by atoms with Gasteiger partial charge in [-0.05, 0) is 18.2 Å². The van der Waals surface area contributed by atoms with E-state index in [2.05, 4.69) is 11.2 Å². The molecule has 0 spiro atoms. The van der Waals surface area contributed by atoms with Gasteiger partial charge in [0.2, 0.25) is 5.91 Å². The molecule has 0 saturated carbocycles. The molecule has 0 atom stereocenters. The van der Waals surface area contributed by atoms with E-state index < -0.39 is 5.97 Å². The normalized spacial score (nSPS) is 9.45. The highest BCUT2D eigenvalue weighted by molar-refractivity contribution is 5.95. The molecule has 1 aromatic carbocycles. The third kappa shape index (κ3) is 4.30. The van der Waals surface area contributed by atoms with E-state index in [9.17, 15) is 9.59 Å². The van der Waals surface area contributed by atoms with Gasteiger partial charge in [-0.15, -0.1) is 6.42 Å². The fraction of sp³-hybridized carbons (Fsp3) is 0.286. The number of nitrogens with one attached hydrogen (secondary N) is 1. The summed E-state index contributed by atoms with van der Waals surface area (Å²) in [4.78, 5) is 23.1. The number of hydrogen-bond donors (Lipinski definition) is 2. The first kappa shape index (κ1) is 15.5. The number of terminal acetylenes is 1. The van der Waals surface area contributed by atoms with Gasteiger partial charge < -0.3 is 20.5 Å². The summed E-state index contributed by atoms with van der Waals surface area (Å²) in [6.07, 6.45) is 5.21. The molecule has 0 fully saturated rings. The Kier molecular flexibility index (Phi) is 6.07. The van der Waals surface area contributed by atoms with Gasteiger partial charge >= 0.3 is 5.97 Å². The van der Waals surface area contributed by atoms with E-state index in [-0.39, 0.29) is 31.0 Å². The molecular weight excluding hydrogens is 260 g/mol. The molecule has 3 N–H and O–H groups in total. The molecule has 1 amide bonds. The summed E-state index contributed by atoms with van der Waals surface area (Å²) in [7, 11) is 1.43. The Morgan fingerprint density at radius 3 is 2.80 bits per heavy atom. The van der Waals surface area contributed by atoms with E-state index in [4.69, 9.17) is 21.6 Å². The number of rotatable bonds is 6. The minimum Gasteiger partial charge on any atom is -0.495 e. The van der Waals surface area contributed by atoms with Gasteiger partial charge in [0.05, 0.1) is 18.4 Å². The van der Waals surface area contributed by atoms with E-state index in [1.165, 1.54) is 19.2 Å². The van der Waals surface area contributed by atoms with E-state index >= 15 is 0 Å². The molecule has 0 heterocycles. The number of anilines is 1. The van der Waals surface area contributed by atoms with Gasteiger partial charge in [-0.2, -0.15) is 0 Å². The number of benzene rings is 1. The molecule has 20 heavy (non-hydrogen) atoms. The van der Waals surface area contributed by atoms with Crippen molar-refractivity contribution in [2.24, 2.45) is 5.73 Å². The monoisotopic (exact) mass is 276 g/mol. The molecule has 1 rings (SSSR count). The molecule has 106 valence electrons. The van der Waals surface area contributed by atoms with Crippen LogP contribution in [0.5, 0.6) is 5.75 Å². The number of carbonyl (C=O) groups excluding carboxylic acids is 2. The van der Waals surface area contributed by atoms with Crippen LogP contribution >= 0.6 is 0 Å². The average Bonchev–Trinajstić information content (AvgIpc) is 2.45. The third-order valence-electron chi connectivity index (χ3n) is 2.37. The number of ether oxygens (including phenoxy) is 2. The van der Waals surface area contributed by atoms with E-state index in [1.54, 1.807) is 6.07 Å². The Hall–Kier alpha value is -2.52. The summed E-state index contributed by atoms with van der Waals surface area (Å²) in [6.45, 7) is 0.154. The Morgan fingerprint density at radius 1 is 1.45 bits per heavy atom. The predicted octanol–water partition coefficient (Wildman–Crippen LogP) is 0.772. The fourth-order valence-electron chi connectivity index (χ4n) is 1.46. The van der Waals surface area contributed by atoms with Crippen molar-refractivity contribution >= 4 is 17.6 Å². The summed E-state index contributed by atoms with van der Waals surface area (Å²) >= 11 is 0.